The molecule has 0 bridgehead atoms. The summed E-state index contributed by atoms with van der Waals surface area (Å²) >= 11 is 1.68. The van der Waals surface area contributed by atoms with Crippen molar-refractivity contribution in [1.82, 2.24) is 5.32 Å². The molecule has 130 valence electrons. The minimum Gasteiger partial charge on any atom is -0.480 e. The Morgan fingerprint density at radius 2 is 1.72 bits per heavy atom. The first kappa shape index (κ1) is 16.5. The van der Waals surface area contributed by atoms with Crippen molar-refractivity contribution in [3.05, 3.63) is 65.2 Å². The lowest BCUT2D eigenvalue weighted by atomic mass is 10.0. The van der Waals surface area contributed by atoms with E-state index in [2.05, 4.69) is 58.7 Å². The van der Waals surface area contributed by atoms with Crippen molar-refractivity contribution in [2.45, 2.75) is 43.1 Å². The largest absolute Gasteiger partial charge is 0.480 e. The molecule has 2 N–H and O–H groups in total. The second-order valence-electron chi connectivity index (χ2n) is 7.26. The highest BCUT2D eigenvalue weighted by Gasteiger charge is 2.45. The predicted octanol–water partition coefficient (Wildman–Crippen LogP) is 3.77. The van der Waals surface area contributed by atoms with E-state index in [4.69, 9.17) is 0 Å². The summed E-state index contributed by atoms with van der Waals surface area (Å²) < 4.78 is -0.328. The monoisotopic (exact) mass is 354 g/mol. The van der Waals surface area contributed by atoms with Crippen LogP contribution in [0.1, 0.15) is 35.9 Å². The maximum Gasteiger partial charge on any atom is 0.322 e. The molecule has 5 heteroatoms. The number of hydrogen-bond acceptors (Lipinski definition) is 4. The number of nitrogens with zero attached hydrogens (tertiary/aromatic N) is 1. The number of carboxylic acid groups (broad SMARTS) is 1. The van der Waals surface area contributed by atoms with Crippen molar-refractivity contribution in [2.75, 3.05) is 4.90 Å². The van der Waals surface area contributed by atoms with Crippen LogP contribution in [0.5, 0.6) is 0 Å². The number of fused-ring (bicyclic) bond motifs is 1. The molecule has 2 aromatic rings. The first-order valence-corrected chi connectivity index (χ1v) is 9.40. The van der Waals surface area contributed by atoms with E-state index in [1.165, 1.54) is 16.8 Å². The van der Waals surface area contributed by atoms with Crippen LogP contribution in [0.4, 0.5) is 5.69 Å². The number of rotatable bonds is 3. The molecule has 0 aliphatic carbocycles. The standard InChI is InChI=1S/C20H22N2O2S/c1-20(2)17(19(23)24)21-18(25-20)13-7-9-16(10-8-13)22-11-14-5-3-4-6-15(14)12-22/h3-10,17-18,21H,11-12H2,1-2H3,(H,23,24)/t17-,18?/m0/s1. The van der Waals surface area contributed by atoms with Crippen molar-refractivity contribution in [2.24, 2.45) is 0 Å². The van der Waals surface area contributed by atoms with Crippen LogP contribution in [0.15, 0.2) is 48.5 Å². The highest BCUT2D eigenvalue weighted by atomic mass is 32.2. The van der Waals surface area contributed by atoms with Gasteiger partial charge in [0.25, 0.3) is 0 Å². The molecule has 1 fully saturated rings. The summed E-state index contributed by atoms with van der Waals surface area (Å²) in [6, 6.07) is 16.6. The smallest absolute Gasteiger partial charge is 0.322 e. The van der Waals surface area contributed by atoms with Gasteiger partial charge in [-0.2, -0.15) is 0 Å². The van der Waals surface area contributed by atoms with Crippen LogP contribution in [0.25, 0.3) is 0 Å². The molecule has 0 saturated carbocycles. The fourth-order valence-corrected chi connectivity index (χ4v) is 5.08. The first-order valence-electron chi connectivity index (χ1n) is 8.52. The normalized spacial score (nSPS) is 24.3. The van der Waals surface area contributed by atoms with Crippen LogP contribution in [0.3, 0.4) is 0 Å². The van der Waals surface area contributed by atoms with E-state index in [-0.39, 0.29) is 10.1 Å². The van der Waals surface area contributed by atoms with E-state index in [1.807, 2.05) is 13.8 Å². The van der Waals surface area contributed by atoms with Crippen LogP contribution < -0.4 is 10.2 Å². The van der Waals surface area contributed by atoms with Gasteiger partial charge in [0.15, 0.2) is 0 Å². The minimum atomic E-state index is -0.786. The van der Waals surface area contributed by atoms with Gasteiger partial charge in [-0.25, -0.2) is 0 Å². The van der Waals surface area contributed by atoms with Crippen molar-refractivity contribution in [3.63, 3.8) is 0 Å². The molecule has 0 radical (unpaired) electrons. The van der Waals surface area contributed by atoms with E-state index in [9.17, 15) is 9.90 Å². The van der Waals surface area contributed by atoms with Gasteiger partial charge >= 0.3 is 5.97 Å². The quantitative estimate of drug-likeness (QED) is 0.879. The molecular weight excluding hydrogens is 332 g/mol. The van der Waals surface area contributed by atoms with Crippen molar-refractivity contribution in [1.29, 1.82) is 0 Å². The van der Waals surface area contributed by atoms with E-state index < -0.39 is 12.0 Å². The average Bonchev–Trinajstić information content (AvgIpc) is 3.15. The lowest BCUT2D eigenvalue weighted by Crippen LogP contribution is -2.43. The number of aliphatic carboxylic acids is 1. The second-order valence-corrected chi connectivity index (χ2v) is 9.01. The Kier molecular flexibility index (Phi) is 4.01. The van der Waals surface area contributed by atoms with Crippen LogP contribution in [-0.4, -0.2) is 21.9 Å². The fraction of sp³-hybridized carbons (Fsp3) is 0.350. The Balaban J connectivity index is 1.49. The predicted molar refractivity (Wildman–Crippen MR) is 102 cm³/mol. The summed E-state index contributed by atoms with van der Waals surface area (Å²) in [5, 5.41) is 12.7. The third kappa shape index (κ3) is 3.02. The maximum atomic E-state index is 11.4. The molecule has 2 atom stereocenters. The van der Waals surface area contributed by atoms with Crippen LogP contribution in [-0.2, 0) is 17.9 Å². The molecule has 2 heterocycles. The molecule has 2 aliphatic rings. The number of carbonyl (C=O) groups is 1. The summed E-state index contributed by atoms with van der Waals surface area (Å²) in [5.74, 6) is -0.786. The SMILES string of the molecule is CC1(C)SC(c2ccc(N3Cc4ccccc4C3)cc2)N[C@H]1C(=O)O. The van der Waals surface area contributed by atoms with Crippen LogP contribution >= 0.6 is 11.8 Å². The molecule has 2 aromatic carbocycles. The molecule has 4 rings (SSSR count). The summed E-state index contributed by atoms with van der Waals surface area (Å²) in [6.45, 7) is 5.86. The number of thioether (sulfide) groups is 1. The number of nitrogens with one attached hydrogen (secondary N) is 1. The van der Waals surface area contributed by atoms with Gasteiger partial charge in [0, 0.05) is 23.5 Å². The molecule has 25 heavy (non-hydrogen) atoms. The Hall–Kier alpha value is -1.98. The minimum absolute atomic E-state index is 0.0147. The van der Waals surface area contributed by atoms with Gasteiger partial charge in [0.2, 0.25) is 0 Å². The Bertz CT molecular complexity index is 779. The molecule has 4 nitrogen and oxygen atoms in total. The highest BCUT2D eigenvalue weighted by Crippen LogP contribution is 2.46. The summed E-state index contributed by atoms with van der Waals surface area (Å²) in [7, 11) is 0. The zero-order valence-corrected chi connectivity index (χ0v) is 15.2. The van der Waals surface area contributed by atoms with Gasteiger partial charge in [0.05, 0.1) is 5.37 Å². The van der Waals surface area contributed by atoms with Gasteiger partial charge in [-0.3, -0.25) is 10.1 Å². The second kappa shape index (κ2) is 6.07. The third-order valence-electron chi connectivity index (χ3n) is 5.08. The maximum absolute atomic E-state index is 11.4. The molecule has 0 amide bonds. The van der Waals surface area contributed by atoms with Gasteiger partial charge in [-0.1, -0.05) is 36.4 Å². The van der Waals surface area contributed by atoms with Gasteiger partial charge in [-0.05, 0) is 42.7 Å². The van der Waals surface area contributed by atoms with Crippen LogP contribution in [0, 0.1) is 0 Å². The first-order chi connectivity index (χ1) is 11.9. The Morgan fingerprint density at radius 3 is 2.24 bits per heavy atom. The van der Waals surface area contributed by atoms with E-state index in [0.717, 1.165) is 18.7 Å². The van der Waals surface area contributed by atoms with Crippen LogP contribution in [0.2, 0.25) is 0 Å². The van der Waals surface area contributed by atoms with Crippen molar-refractivity contribution < 1.29 is 9.90 Å². The number of hydrogen-bond donors (Lipinski definition) is 2. The van der Waals surface area contributed by atoms with Crippen molar-refractivity contribution in [3.8, 4) is 0 Å². The zero-order chi connectivity index (χ0) is 17.6. The van der Waals surface area contributed by atoms with Gasteiger partial charge in [0.1, 0.15) is 6.04 Å². The third-order valence-corrected chi connectivity index (χ3v) is 6.57. The Morgan fingerprint density at radius 1 is 1.12 bits per heavy atom. The van der Waals surface area contributed by atoms with E-state index in [1.54, 1.807) is 11.8 Å². The fourth-order valence-electron chi connectivity index (χ4n) is 3.67. The molecular formula is C20H22N2O2S. The van der Waals surface area contributed by atoms with Gasteiger partial charge in [-0.15, -0.1) is 11.8 Å². The number of anilines is 1. The molecule has 2 aliphatic heterocycles. The summed E-state index contributed by atoms with van der Waals surface area (Å²) in [4.78, 5) is 13.8. The topological polar surface area (TPSA) is 52.6 Å². The zero-order valence-electron chi connectivity index (χ0n) is 14.4. The Labute approximate surface area is 152 Å². The average molecular weight is 354 g/mol. The molecule has 1 saturated heterocycles. The molecule has 1 unspecified atom stereocenters. The van der Waals surface area contributed by atoms with E-state index in [0.29, 0.717) is 0 Å². The number of carboxylic acids is 1. The molecule has 0 aromatic heterocycles. The van der Waals surface area contributed by atoms with E-state index >= 15 is 0 Å². The lowest BCUT2D eigenvalue weighted by molar-refractivity contribution is -0.139. The van der Waals surface area contributed by atoms with Gasteiger partial charge < -0.3 is 10.0 Å². The van der Waals surface area contributed by atoms with Crippen molar-refractivity contribution >= 4 is 23.4 Å². The molecule has 0 spiro atoms. The summed E-state index contributed by atoms with van der Waals surface area (Å²) in [5.41, 5.74) is 5.12. The number of benzene rings is 2. The highest BCUT2D eigenvalue weighted by molar-refractivity contribution is 8.01. The lowest BCUT2D eigenvalue weighted by Gasteiger charge is -2.21. The summed E-state index contributed by atoms with van der Waals surface area (Å²) in [6.07, 6.45) is 0.